The van der Waals surface area contributed by atoms with E-state index >= 15 is 0 Å². The van der Waals surface area contributed by atoms with E-state index in [-0.39, 0.29) is 23.7 Å². The Morgan fingerprint density at radius 1 is 0.781 bits per heavy atom. The van der Waals surface area contributed by atoms with E-state index in [2.05, 4.69) is 43.3 Å². The van der Waals surface area contributed by atoms with Gasteiger partial charge in [0.1, 0.15) is 0 Å². The summed E-state index contributed by atoms with van der Waals surface area (Å²) in [5, 5.41) is 0. The van der Waals surface area contributed by atoms with E-state index in [0.29, 0.717) is 5.69 Å². The fourth-order valence-electron chi connectivity index (χ4n) is 5.49. The van der Waals surface area contributed by atoms with Gasteiger partial charge in [0, 0.05) is 11.8 Å². The second kappa shape index (κ2) is 7.90. The van der Waals surface area contributed by atoms with E-state index in [0.717, 1.165) is 17.5 Å². The van der Waals surface area contributed by atoms with Crippen molar-refractivity contribution >= 4 is 17.5 Å². The molecule has 4 atom stereocenters. The van der Waals surface area contributed by atoms with Crippen LogP contribution >= 0.6 is 0 Å². The van der Waals surface area contributed by atoms with Crippen molar-refractivity contribution < 1.29 is 9.59 Å². The lowest BCUT2D eigenvalue weighted by atomic mass is 9.58. The van der Waals surface area contributed by atoms with Gasteiger partial charge < -0.3 is 0 Å². The highest BCUT2D eigenvalue weighted by Crippen LogP contribution is 2.57. The number of anilines is 1. The second-order valence-corrected chi connectivity index (χ2v) is 8.97. The number of carbonyl (C=O) groups is 2. The monoisotopic (exact) mass is 421 g/mol. The van der Waals surface area contributed by atoms with Crippen LogP contribution in [0.4, 0.5) is 5.69 Å². The first kappa shape index (κ1) is 20.4. The summed E-state index contributed by atoms with van der Waals surface area (Å²) in [5.74, 6) is -0.988. The molecule has 2 aliphatic rings. The van der Waals surface area contributed by atoms with Crippen LogP contribution in [0.1, 0.15) is 42.4 Å². The minimum atomic E-state index is -0.864. The van der Waals surface area contributed by atoms with Crippen LogP contribution in [0.25, 0.3) is 0 Å². The number of hydrogen-bond acceptors (Lipinski definition) is 2. The Balaban J connectivity index is 1.66. The van der Waals surface area contributed by atoms with Crippen molar-refractivity contribution in [1.29, 1.82) is 0 Å². The standard InChI is InChI=1S/C29H27NO2/c1-3-20-14-16-23(17-15-20)30-27(31)26-24(21-10-6-4-7-11-21)18-19-25(29(26,2)28(30)32)22-12-8-5-9-13-22/h4-19,24-26H,3H2,1-2H3. The zero-order chi connectivity index (χ0) is 22.3. The number of fused-ring (bicyclic) bond motifs is 1. The van der Waals surface area contributed by atoms with Gasteiger partial charge in [0.05, 0.1) is 17.0 Å². The molecule has 5 rings (SSSR count). The highest BCUT2D eigenvalue weighted by Gasteiger charge is 2.63. The van der Waals surface area contributed by atoms with E-state index in [1.807, 2.05) is 67.6 Å². The van der Waals surface area contributed by atoms with Gasteiger partial charge in [-0.3, -0.25) is 9.59 Å². The zero-order valence-electron chi connectivity index (χ0n) is 18.4. The van der Waals surface area contributed by atoms with Gasteiger partial charge in [0.2, 0.25) is 11.8 Å². The van der Waals surface area contributed by atoms with Gasteiger partial charge in [-0.1, -0.05) is 91.9 Å². The topological polar surface area (TPSA) is 37.4 Å². The zero-order valence-corrected chi connectivity index (χ0v) is 18.4. The maximum atomic E-state index is 14.1. The van der Waals surface area contributed by atoms with E-state index in [1.54, 1.807) is 0 Å². The van der Waals surface area contributed by atoms with Crippen LogP contribution in [0.15, 0.2) is 97.1 Å². The van der Waals surface area contributed by atoms with Gasteiger partial charge in [-0.25, -0.2) is 4.90 Å². The average Bonchev–Trinajstić information content (AvgIpc) is 3.05. The number of nitrogens with zero attached hydrogens (tertiary/aromatic N) is 1. The largest absolute Gasteiger partial charge is 0.274 e. The Morgan fingerprint density at radius 3 is 1.97 bits per heavy atom. The first-order chi connectivity index (χ1) is 15.6. The van der Waals surface area contributed by atoms with Gasteiger partial charge in [-0.05, 0) is 42.2 Å². The lowest BCUT2D eigenvalue weighted by molar-refractivity contribution is -0.127. The Labute approximate surface area is 189 Å². The molecule has 0 spiro atoms. The number of imide groups is 1. The third-order valence-electron chi connectivity index (χ3n) is 7.26. The fourth-order valence-corrected chi connectivity index (χ4v) is 5.49. The van der Waals surface area contributed by atoms with E-state index in [1.165, 1.54) is 10.5 Å². The molecule has 0 N–H and O–H groups in total. The van der Waals surface area contributed by atoms with Crippen molar-refractivity contribution in [3.8, 4) is 0 Å². The molecule has 4 unspecified atom stereocenters. The molecule has 3 nitrogen and oxygen atoms in total. The predicted molar refractivity (Wildman–Crippen MR) is 127 cm³/mol. The lowest BCUT2D eigenvalue weighted by Crippen LogP contribution is -2.42. The van der Waals surface area contributed by atoms with Crippen molar-refractivity contribution in [2.24, 2.45) is 11.3 Å². The van der Waals surface area contributed by atoms with Crippen molar-refractivity contribution in [3.05, 3.63) is 114 Å². The summed E-state index contributed by atoms with van der Waals surface area (Å²) in [7, 11) is 0. The lowest BCUT2D eigenvalue weighted by Gasteiger charge is -2.41. The van der Waals surface area contributed by atoms with Gasteiger partial charge in [0.15, 0.2) is 0 Å². The van der Waals surface area contributed by atoms with Crippen molar-refractivity contribution in [1.82, 2.24) is 0 Å². The minimum Gasteiger partial charge on any atom is -0.274 e. The first-order valence-electron chi connectivity index (χ1n) is 11.3. The normalized spacial score (nSPS) is 26.9. The van der Waals surface area contributed by atoms with Crippen LogP contribution in [0.2, 0.25) is 0 Å². The number of carbonyl (C=O) groups excluding carboxylic acids is 2. The molecule has 1 aliphatic carbocycles. The van der Waals surface area contributed by atoms with Crippen LogP contribution in [0.3, 0.4) is 0 Å². The smallest absolute Gasteiger partial charge is 0.241 e. The Bertz CT molecular complexity index is 1170. The number of rotatable bonds is 4. The molecule has 3 aromatic carbocycles. The third-order valence-corrected chi connectivity index (χ3v) is 7.26. The summed E-state index contributed by atoms with van der Waals surface area (Å²) in [5.41, 5.74) is 3.11. The van der Waals surface area contributed by atoms with Crippen LogP contribution in [-0.4, -0.2) is 11.8 Å². The molecule has 1 saturated heterocycles. The average molecular weight is 422 g/mol. The van der Waals surface area contributed by atoms with Crippen LogP contribution in [0, 0.1) is 11.3 Å². The molecular formula is C29H27NO2. The number of aryl methyl sites for hydroxylation is 1. The maximum absolute atomic E-state index is 14.1. The summed E-state index contributed by atoms with van der Waals surface area (Å²) in [6.07, 6.45) is 5.19. The maximum Gasteiger partial charge on any atom is 0.241 e. The Kier molecular flexibility index (Phi) is 5.05. The van der Waals surface area contributed by atoms with Crippen LogP contribution in [-0.2, 0) is 16.0 Å². The van der Waals surface area contributed by atoms with Crippen molar-refractivity contribution in [3.63, 3.8) is 0 Å². The third kappa shape index (κ3) is 3.03. The molecule has 1 aliphatic heterocycles. The first-order valence-corrected chi connectivity index (χ1v) is 11.3. The molecule has 160 valence electrons. The molecule has 32 heavy (non-hydrogen) atoms. The minimum absolute atomic E-state index is 0.110. The van der Waals surface area contributed by atoms with Gasteiger partial charge in [-0.15, -0.1) is 0 Å². The highest BCUT2D eigenvalue weighted by atomic mass is 16.2. The van der Waals surface area contributed by atoms with Gasteiger partial charge in [0.25, 0.3) is 0 Å². The predicted octanol–water partition coefficient (Wildman–Crippen LogP) is 5.88. The summed E-state index contributed by atoms with van der Waals surface area (Å²) < 4.78 is 0. The summed E-state index contributed by atoms with van der Waals surface area (Å²) >= 11 is 0. The Hall–Kier alpha value is -3.46. The van der Waals surface area contributed by atoms with Crippen molar-refractivity contribution in [2.45, 2.75) is 32.1 Å². The van der Waals surface area contributed by atoms with Gasteiger partial charge >= 0.3 is 0 Å². The van der Waals surface area contributed by atoms with Crippen LogP contribution in [0.5, 0.6) is 0 Å². The molecule has 2 amide bonds. The SMILES string of the molecule is CCc1ccc(N2C(=O)C3C(c4ccccc4)C=CC(c4ccccc4)C3(C)C2=O)cc1. The summed E-state index contributed by atoms with van der Waals surface area (Å²) in [6, 6.07) is 27.9. The summed E-state index contributed by atoms with van der Waals surface area (Å²) in [4.78, 5) is 29.4. The van der Waals surface area contributed by atoms with E-state index < -0.39 is 11.3 Å². The molecule has 0 aromatic heterocycles. The molecule has 1 fully saturated rings. The number of hydrogen-bond donors (Lipinski definition) is 0. The molecule has 1 heterocycles. The molecule has 3 aromatic rings. The summed E-state index contributed by atoms with van der Waals surface area (Å²) in [6.45, 7) is 4.08. The molecule has 3 heteroatoms. The van der Waals surface area contributed by atoms with Gasteiger partial charge in [-0.2, -0.15) is 0 Å². The molecule has 0 bridgehead atoms. The second-order valence-electron chi connectivity index (χ2n) is 8.97. The van der Waals surface area contributed by atoms with E-state index in [9.17, 15) is 9.59 Å². The van der Waals surface area contributed by atoms with E-state index in [4.69, 9.17) is 0 Å². The quantitative estimate of drug-likeness (QED) is 0.390. The number of allylic oxidation sites excluding steroid dienone is 2. The molecular weight excluding hydrogens is 394 g/mol. The highest BCUT2D eigenvalue weighted by molar-refractivity contribution is 6.24. The van der Waals surface area contributed by atoms with Crippen LogP contribution < -0.4 is 4.90 Å². The molecule has 0 saturated carbocycles. The molecule has 0 radical (unpaired) electrons. The number of amides is 2. The number of benzene rings is 3. The van der Waals surface area contributed by atoms with Crippen molar-refractivity contribution in [2.75, 3.05) is 4.90 Å². The fraction of sp³-hybridized carbons (Fsp3) is 0.241. The Morgan fingerprint density at radius 2 is 1.38 bits per heavy atom.